The minimum Gasteiger partial charge on any atom is -0.393 e. The Labute approximate surface area is 161 Å². The number of aliphatic hydroxyl groups excluding tert-OH is 1. The van der Waals surface area contributed by atoms with E-state index >= 15 is 0 Å². The monoisotopic (exact) mass is 391 g/mol. The minimum absolute atomic E-state index is 0.0141. The molecule has 3 N–H and O–H groups in total. The molecule has 27 heavy (non-hydrogen) atoms. The van der Waals surface area contributed by atoms with Gasteiger partial charge in [0.1, 0.15) is 0 Å². The van der Waals surface area contributed by atoms with E-state index in [0.717, 1.165) is 50.5 Å². The van der Waals surface area contributed by atoms with Gasteiger partial charge in [0, 0.05) is 5.41 Å². The highest BCUT2D eigenvalue weighted by molar-refractivity contribution is 7.87. The van der Waals surface area contributed by atoms with Crippen LogP contribution in [-0.4, -0.2) is 24.2 Å². The second-order valence-corrected chi connectivity index (χ2v) is 10.3. The topological polar surface area (TPSA) is 86.6 Å². The zero-order chi connectivity index (χ0) is 19.4. The van der Waals surface area contributed by atoms with Gasteiger partial charge in [-0.05, 0) is 85.5 Å². The van der Waals surface area contributed by atoms with Crippen molar-refractivity contribution in [3.05, 3.63) is 42.0 Å². The number of aliphatic hydroxyl groups is 1. The van der Waals surface area contributed by atoms with Gasteiger partial charge in [-0.15, -0.1) is 6.58 Å². The van der Waals surface area contributed by atoms with E-state index in [9.17, 15) is 13.5 Å². The molecule has 0 heterocycles. The van der Waals surface area contributed by atoms with Crippen LogP contribution < -0.4 is 4.72 Å². The molecule has 0 spiro atoms. The van der Waals surface area contributed by atoms with Crippen LogP contribution >= 0.6 is 0 Å². The Bertz CT molecular complexity index is 867. The molecule has 5 nitrogen and oxygen atoms in total. The van der Waals surface area contributed by atoms with E-state index < -0.39 is 10.3 Å². The van der Waals surface area contributed by atoms with Gasteiger partial charge in [0.15, 0.2) is 0 Å². The first-order chi connectivity index (χ1) is 12.7. The summed E-state index contributed by atoms with van der Waals surface area (Å²) in [5.41, 5.74) is 3.09. The van der Waals surface area contributed by atoms with Crippen molar-refractivity contribution >= 4 is 16.0 Å². The Morgan fingerprint density at radius 1 is 1.33 bits per heavy atom. The first kappa shape index (κ1) is 19.0. The summed E-state index contributed by atoms with van der Waals surface area (Å²) in [5.74, 6) is 1.03. The van der Waals surface area contributed by atoms with E-state index in [4.69, 9.17) is 4.55 Å². The molecule has 0 aliphatic heterocycles. The number of anilines is 1. The molecule has 0 aromatic heterocycles. The van der Waals surface area contributed by atoms with Gasteiger partial charge in [0.05, 0.1) is 11.8 Å². The molecule has 0 bridgehead atoms. The minimum atomic E-state index is -4.27. The summed E-state index contributed by atoms with van der Waals surface area (Å²) in [6, 6.07) is 5.64. The highest BCUT2D eigenvalue weighted by Crippen LogP contribution is 2.64. The number of aryl methyl sites for hydroxylation is 1. The Kier molecular flexibility index (Phi) is 4.44. The van der Waals surface area contributed by atoms with Crippen LogP contribution in [0, 0.1) is 17.3 Å². The van der Waals surface area contributed by atoms with Crippen molar-refractivity contribution in [2.75, 3.05) is 4.72 Å². The number of nitrogens with one attached hydrogen (secondary N) is 1. The van der Waals surface area contributed by atoms with Crippen LogP contribution in [0.25, 0.3) is 0 Å². The van der Waals surface area contributed by atoms with Gasteiger partial charge in [-0.3, -0.25) is 9.27 Å². The van der Waals surface area contributed by atoms with Crippen molar-refractivity contribution in [2.24, 2.45) is 17.3 Å². The summed E-state index contributed by atoms with van der Waals surface area (Å²) in [6.07, 6.45) is 8.62. The molecule has 2 saturated carbocycles. The molecule has 2 fully saturated rings. The highest BCUT2D eigenvalue weighted by atomic mass is 32.2. The lowest BCUT2D eigenvalue weighted by atomic mass is 9.48. The van der Waals surface area contributed by atoms with Crippen LogP contribution in [0.5, 0.6) is 0 Å². The number of fused-ring (bicyclic) bond motifs is 5. The van der Waals surface area contributed by atoms with E-state index in [1.807, 2.05) is 18.2 Å². The second-order valence-electron chi connectivity index (χ2n) is 9.10. The Balaban J connectivity index is 1.76. The first-order valence-electron chi connectivity index (χ1n) is 9.84. The van der Waals surface area contributed by atoms with Crippen LogP contribution in [0.1, 0.15) is 56.6 Å². The van der Waals surface area contributed by atoms with E-state index in [1.165, 1.54) is 5.56 Å². The normalized spacial score (nSPS) is 37.8. The fourth-order valence-electron chi connectivity index (χ4n) is 6.61. The third-order valence-electron chi connectivity index (χ3n) is 7.58. The van der Waals surface area contributed by atoms with Crippen molar-refractivity contribution in [2.45, 2.75) is 63.4 Å². The first-order valence-corrected chi connectivity index (χ1v) is 11.3. The van der Waals surface area contributed by atoms with Crippen molar-refractivity contribution in [3.63, 3.8) is 0 Å². The Morgan fingerprint density at radius 3 is 2.81 bits per heavy atom. The van der Waals surface area contributed by atoms with Gasteiger partial charge in [0.25, 0.3) is 0 Å². The molecule has 4 rings (SSSR count). The third kappa shape index (κ3) is 3.12. The molecular formula is C21H29NO4S. The molecule has 3 aliphatic carbocycles. The van der Waals surface area contributed by atoms with Crippen LogP contribution in [0.3, 0.4) is 0 Å². The van der Waals surface area contributed by atoms with Crippen LogP contribution in [0.2, 0.25) is 0 Å². The van der Waals surface area contributed by atoms with Gasteiger partial charge in [-0.2, -0.15) is 8.42 Å². The summed E-state index contributed by atoms with van der Waals surface area (Å²) >= 11 is 0. The maximum Gasteiger partial charge on any atom is 0.357 e. The molecule has 4 unspecified atom stereocenters. The van der Waals surface area contributed by atoms with Gasteiger partial charge < -0.3 is 5.11 Å². The molecule has 3 aliphatic rings. The SMILES string of the molecule is C=CCC12CC[C@]3(C)CC(O)CC3C1CCc1cc(NS(=O)(=O)O)ccc12. The Hall–Kier alpha value is -1.37. The lowest BCUT2D eigenvalue weighted by Crippen LogP contribution is -2.50. The molecule has 5 atom stereocenters. The van der Waals surface area contributed by atoms with Crippen molar-refractivity contribution in [1.82, 2.24) is 0 Å². The molecular weight excluding hydrogens is 362 g/mol. The van der Waals surface area contributed by atoms with Crippen LogP contribution in [0.4, 0.5) is 5.69 Å². The maximum atomic E-state index is 11.2. The van der Waals surface area contributed by atoms with E-state index in [2.05, 4.69) is 18.2 Å². The highest BCUT2D eigenvalue weighted by Gasteiger charge is 2.58. The summed E-state index contributed by atoms with van der Waals surface area (Å²) in [6.45, 7) is 6.37. The number of hydrogen-bond donors (Lipinski definition) is 3. The molecule has 0 radical (unpaired) electrons. The van der Waals surface area contributed by atoms with Crippen LogP contribution in [0.15, 0.2) is 30.9 Å². The number of allylic oxidation sites excluding steroid dienone is 1. The van der Waals surface area contributed by atoms with Gasteiger partial charge >= 0.3 is 10.3 Å². The van der Waals surface area contributed by atoms with Gasteiger partial charge in [-0.1, -0.05) is 19.1 Å². The molecule has 148 valence electrons. The third-order valence-corrected chi connectivity index (χ3v) is 8.08. The van der Waals surface area contributed by atoms with Gasteiger partial charge in [0.2, 0.25) is 0 Å². The molecule has 0 saturated heterocycles. The molecule has 1 aromatic rings. The lowest BCUT2D eigenvalue weighted by Gasteiger charge is -2.56. The number of benzene rings is 1. The van der Waals surface area contributed by atoms with Crippen molar-refractivity contribution < 1.29 is 18.1 Å². The number of hydrogen-bond acceptors (Lipinski definition) is 3. The van der Waals surface area contributed by atoms with Gasteiger partial charge in [-0.25, -0.2) is 0 Å². The summed E-state index contributed by atoms with van der Waals surface area (Å²) in [5, 5.41) is 10.4. The fraction of sp³-hybridized carbons (Fsp3) is 0.619. The summed E-state index contributed by atoms with van der Waals surface area (Å²) < 4.78 is 33.6. The van der Waals surface area contributed by atoms with Crippen LogP contribution in [-0.2, 0) is 22.1 Å². The van der Waals surface area contributed by atoms with E-state index in [-0.39, 0.29) is 16.9 Å². The number of rotatable bonds is 4. The van der Waals surface area contributed by atoms with E-state index in [0.29, 0.717) is 17.5 Å². The zero-order valence-electron chi connectivity index (χ0n) is 15.8. The lowest BCUT2D eigenvalue weighted by molar-refractivity contribution is 0.00650. The molecule has 6 heteroatoms. The largest absolute Gasteiger partial charge is 0.393 e. The smallest absolute Gasteiger partial charge is 0.357 e. The van der Waals surface area contributed by atoms with Crippen molar-refractivity contribution in [1.29, 1.82) is 0 Å². The summed E-state index contributed by atoms with van der Waals surface area (Å²) in [7, 11) is -4.27. The molecule has 1 aromatic carbocycles. The maximum absolute atomic E-state index is 11.2. The predicted octanol–water partition coefficient (Wildman–Crippen LogP) is 3.85. The van der Waals surface area contributed by atoms with E-state index in [1.54, 1.807) is 6.07 Å². The summed E-state index contributed by atoms with van der Waals surface area (Å²) in [4.78, 5) is 0. The molecule has 0 amide bonds. The predicted molar refractivity (Wildman–Crippen MR) is 106 cm³/mol. The fourth-order valence-corrected chi connectivity index (χ4v) is 7.03. The zero-order valence-corrected chi connectivity index (χ0v) is 16.6. The average Bonchev–Trinajstić information content (AvgIpc) is 2.87. The standard InChI is InChI=1S/C21H29NO4S/c1-3-8-21-10-9-20(2)13-16(23)12-19(20)18(21)6-4-14-11-15(5-7-17(14)21)22-27(24,25)26/h3,5,7,11,16,18-19,22-23H,1,4,6,8-10,12-13H2,2H3,(H,24,25,26)/t16?,18?,19?,20-,21?/m1/s1. The quantitative estimate of drug-likeness (QED) is 0.537. The second kappa shape index (κ2) is 6.33. The van der Waals surface area contributed by atoms with Crippen molar-refractivity contribution in [3.8, 4) is 0 Å². The Morgan fingerprint density at radius 2 is 2.11 bits per heavy atom. The average molecular weight is 392 g/mol.